The Morgan fingerprint density at radius 2 is 1.91 bits per heavy atom. The molecule has 0 aliphatic carbocycles. The van der Waals surface area contributed by atoms with Gasteiger partial charge in [0.1, 0.15) is 0 Å². The van der Waals surface area contributed by atoms with Crippen molar-refractivity contribution in [1.29, 1.82) is 0 Å². The number of rotatable bonds is 9. The van der Waals surface area contributed by atoms with Crippen LogP contribution in [0.1, 0.15) is 40.0 Å². The van der Waals surface area contributed by atoms with Gasteiger partial charge < -0.3 is 16.0 Å². The van der Waals surface area contributed by atoms with Gasteiger partial charge in [0.15, 0.2) is 0 Å². The predicted octanol–water partition coefficient (Wildman–Crippen LogP) is 2.96. The van der Waals surface area contributed by atoms with Crippen LogP contribution in [0.5, 0.6) is 0 Å². The molecule has 22 heavy (non-hydrogen) atoms. The molecule has 1 aromatic rings. The molecule has 0 aliphatic heterocycles. The van der Waals surface area contributed by atoms with Crippen molar-refractivity contribution in [1.82, 2.24) is 5.32 Å². The molecule has 0 saturated carbocycles. The molecule has 0 bridgehead atoms. The minimum absolute atomic E-state index is 0. The summed E-state index contributed by atoms with van der Waals surface area (Å²) in [5, 5.41) is 2.95. The molecule has 0 heterocycles. The number of carbonyl (C=O) groups is 1. The monoisotopic (exact) mass is 327 g/mol. The molecule has 1 rings (SSSR count). The molecular formula is C17H30ClN3O. The standard InChI is InChI=1S/C17H29N3O.ClH/c1-4-12-17(3,18)16(21)19-13-9-14-20(5-2)15-10-7-6-8-11-15;/h6-8,10-11H,4-5,9,12-14,18H2,1-3H3,(H,19,21);1H. The number of nitrogens with two attached hydrogens (primary N) is 1. The molecule has 0 radical (unpaired) electrons. The molecule has 5 heteroatoms. The zero-order valence-electron chi connectivity index (χ0n) is 14.0. The first-order valence-corrected chi connectivity index (χ1v) is 7.88. The fourth-order valence-corrected chi connectivity index (χ4v) is 2.42. The topological polar surface area (TPSA) is 58.4 Å². The van der Waals surface area contributed by atoms with Gasteiger partial charge >= 0.3 is 0 Å². The highest BCUT2D eigenvalue weighted by Gasteiger charge is 2.26. The maximum atomic E-state index is 12.0. The van der Waals surface area contributed by atoms with Crippen molar-refractivity contribution in [2.75, 3.05) is 24.5 Å². The summed E-state index contributed by atoms with van der Waals surface area (Å²) in [6.45, 7) is 8.53. The van der Waals surface area contributed by atoms with Crippen LogP contribution >= 0.6 is 12.4 Å². The Morgan fingerprint density at radius 3 is 2.45 bits per heavy atom. The molecule has 0 fully saturated rings. The first-order valence-electron chi connectivity index (χ1n) is 7.88. The number of carbonyl (C=O) groups excluding carboxylic acids is 1. The van der Waals surface area contributed by atoms with Crippen LogP contribution < -0.4 is 16.0 Å². The average molecular weight is 328 g/mol. The van der Waals surface area contributed by atoms with Gasteiger partial charge in [0.25, 0.3) is 0 Å². The lowest BCUT2D eigenvalue weighted by molar-refractivity contribution is -0.126. The lowest BCUT2D eigenvalue weighted by atomic mass is 9.96. The summed E-state index contributed by atoms with van der Waals surface area (Å²) in [6, 6.07) is 10.3. The number of nitrogens with one attached hydrogen (secondary N) is 1. The number of hydrogen-bond donors (Lipinski definition) is 2. The molecule has 0 aromatic heterocycles. The lowest BCUT2D eigenvalue weighted by Gasteiger charge is -2.25. The van der Waals surface area contributed by atoms with Gasteiger partial charge in [0.2, 0.25) is 5.91 Å². The summed E-state index contributed by atoms with van der Waals surface area (Å²) >= 11 is 0. The average Bonchev–Trinajstić information content (AvgIpc) is 2.48. The molecule has 0 spiro atoms. The van der Waals surface area contributed by atoms with Crippen LogP contribution in [0.25, 0.3) is 0 Å². The van der Waals surface area contributed by atoms with Crippen molar-refractivity contribution < 1.29 is 4.79 Å². The van der Waals surface area contributed by atoms with Crippen LogP contribution in [-0.2, 0) is 4.79 Å². The third-order valence-electron chi connectivity index (χ3n) is 3.68. The second kappa shape index (κ2) is 10.5. The predicted molar refractivity (Wildman–Crippen MR) is 96.7 cm³/mol. The quantitative estimate of drug-likeness (QED) is 0.686. The number of nitrogens with zero attached hydrogens (tertiary/aromatic N) is 1. The van der Waals surface area contributed by atoms with Crippen LogP contribution in [0.3, 0.4) is 0 Å². The van der Waals surface area contributed by atoms with E-state index in [9.17, 15) is 4.79 Å². The van der Waals surface area contributed by atoms with Crippen molar-refractivity contribution in [3.8, 4) is 0 Å². The number of para-hydroxylation sites is 1. The zero-order valence-corrected chi connectivity index (χ0v) is 14.8. The van der Waals surface area contributed by atoms with Crippen LogP contribution in [0.15, 0.2) is 30.3 Å². The Morgan fingerprint density at radius 1 is 1.27 bits per heavy atom. The van der Waals surface area contributed by atoms with E-state index in [1.54, 1.807) is 6.92 Å². The summed E-state index contributed by atoms with van der Waals surface area (Å²) < 4.78 is 0. The van der Waals surface area contributed by atoms with Gasteiger partial charge in [-0.25, -0.2) is 0 Å². The van der Waals surface area contributed by atoms with E-state index in [4.69, 9.17) is 5.73 Å². The first kappa shape index (κ1) is 20.7. The fourth-order valence-electron chi connectivity index (χ4n) is 2.42. The highest BCUT2D eigenvalue weighted by atomic mass is 35.5. The molecule has 126 valence electrons. The molecule has 0 saturated heterocycles. The van der Waals surface area contributed by atoms with E-state index in [-0.39, 0.29) is 18.3 Å². The van der Waals surface area contributed by atoms with E-state index in [0.717, 1.165) is 25.9 Å². The van der Waals surface area contributed by atoms with Gasteiger partial charge in [-0.2, -0.15) is 0 Å². The van der Waals surface area contributed by atoms with Gasteiger partial charge in [-0.15, -0.1) is 12.4 Å². The molecule has 1 atom stereocenters. The van der Waals surface area contributed by atoms with Gasteiger partial charge in [0, 0.05) is 25.3 Å². The van der Waals surface area contributed by atoms with Crippen molar-refractivity contribution in [3.63, 3.8) is 0 Å². The van der Waals surface area contributed by atoms with Crippen molar-refractivity contribution in [3.05, 3.63) is 30.3 Å². The van der Waals surface area contributed by atoms with Gasteiger partial charge in [-0.3, -0.25) is 4.79 Å². The van der Waals surface area contributed by atoms with Crippen LogP contribution in [-0.4, -0.2) is 31.1 Å². The van der Waals surface area contributed by atoms with Crippen molar-refractivity contribution in [2.24, 2.45) is 5.73 Å². The number of hydrogen-bond acceptors (Lipinski definition) is 3. The normalized spacial score (nSPS) is 12.9. The number of benzene rings is 1. The summed E-state index contributed by atoms with van der Waals surface area (Å²) in [6.07, 6.45) is 2.54. The zero-order chi connectivity index (χ0) is 15.7. The largest absolute Gasteiger partial charge is 0.372 e. The maximum absolute atomic E-state index is 12.0. The van der Waals surface area contributed by atoms with E-state index in [0.29, 0.717) is 13.0 Å². The van der Waals surface area contributed by atoms with Crippen LogP contribution in [0, 0.1) is 0 Å². The minimum Gasteiger partial charge on any atom is -0.372 e. The molecule has 1 aromatic carbocycles. The van der Waals surface area contributed by atoms with E-state index >= 15 is 0 Å². The minimum atomic E-state index is -0.751. The summed E-state index contributed by atoms with van der Waals surface area (Å²) in [5.74, 6) is -0.0490. The highest BCUT2D eigenvalue weighted by molar-refractivity contribution is 5.85. The lowest BCUT2D eigenvalue weighted by Crippen LogP contribution is -2.51. The van der Waals surface area contributed by atoms with E-state index < -0.39 is 5.54 Å². The third kappa shape index (κ3) is 6.67. The Hall–Kier alpha value is -1.26. The molecule has 1 amide bonds. The maximum Gasteiger partial charge on any atom is 0.239 e. The molecular weight excluding hydrogens is 298 g/mol. The number of anilines is 1. The Bertz CT molecular complexity index is 423. The molecule has 4 nitrogen and oxygen atoms in total. The second-order valence-electron chi connectivity index (χ2n) is 5.69. The third-order valence-corrected chi connectivity index (χ3v) is 3.68. The fraction of sp³-hybridized carbons (Fsp3) is 0.588. The Balaban J connectivity index is 0.00000441. The van der Waals surface area contributed by atoms with Crippen molar-refractivity contribution in [2.45, 2.75) is 45.6 Å². The summed E-state index contributed by atoms with van der Waals surface area (Å²) in [7, 11) is 0. The van der Waals surface area contributed by atoms with Gasteiger partial charge in [-0.05, 0) is 38.8 Å². The SMILES string of the molecule is CCCC(C)(N)C(=O)NCCCN(CC)c1ccccc1.Cl. The molecule has 3 N–H and O–H groups in total. The Labute approximate surface area is 140 Å². The van der Waals surface area contributed by atoms with Crippen LogP contribution in [0.2, 0.25) is 0 Å². The van der Waals surface area contributed by atoms with E-state index in [1.165, 1.54) is 5.69 Å². The first-order chi connectivity index (χ1) is 10.0. The number of amides is 1. The molecule has 0 aliphatic rings. The number of halogens is 1. The van der Waals surface area contributed by atoms with Gasteiger partial charge in [0.05, 0.1) is 5.54 Å². The summed E-state index contributed by atoms with van der Waals surface area (Å²) in [5.41, 5.74) is 6.48. The van der Waals surface area contributed by atoms with Crippen LogP contribution in [0.4, 0.5) is 5.69 Å². The van der Waals surface area contributed by atoms with E-state index in [1.807, 2.05) is 25.1 Å². The Kier molecular flexibility index (Phi) is 9.86. The van der Waals surface area contributed by atoms with Gasteiger partial charge in [-0.1, -0.05) is 31.5 Å². The summed E-state index contributed by atoms with van der Waals surface area (Å²) in [4.78, 5) is 14.3. The second-order valence-corrected chi connectivity index (χ2v) is 5.69. The smallest absolute Gasteiger partial charge is 0.239 e. The van der Waals surface area contributed by atoms with E-state index in [2.05, 4.69) is 29.3 Å². The van der Waals surface area contributed by atoms with Crippen molar-refractivity contribution >= 4 is 24.0 Å². The molecule has 1 unspecified atom stereocenters. The highest BCUT2D eigenvalue weighted by Crippen LogP contribution is 2.13.